The summed E-state index contributed by atoms with van der Waals surface area (Å²) >= 11 is 5.75. The fourth-order valence-corrected chi connectivity index (χ4v) is 2.84. The van der Waals surface area contributed by atoms with Crippen LogP contribution < -0.4 is 5.32 Å². The highest BCUT2D eigenvalue weighted by molar-refractivity contribution is 6.30. The Morgan fingerprint density at radius 2 is 2.09 bits per heavy atom. The minimum atomic E-state index is -0.148. The van der Waals surface area contributed by atoms with E-state index in [0.717, 1.165) is 32.5 Å². The molecule has 0 unspecified atom stereocenters. The lowest BCUT2D eigenvalue weighted by atomic mass is 10.2. The van der Waals surface area contributed by atoms with Gasteiger partial charge in [-0.25, -0.2) is 4.98 Å². The third-order valence-corrected chi connectivity index (χ3v) is 3.87. The summed E-state index contributed by atoms with van der Waals surface area (Å²) in [7, 11) is 0. The molecule has 5 nitrogen and oxygen atoms in total. The van der Waals surface area contributed by atoms with Gasteiger partial charge in [-0.2, -0.15) is 0 Å². The topological polar surface area (TPSA) is 54.5 Å². The second-order valence-corrected chi connectivity index (χ2v) is 6.28. The van der Waals surface area contributed by atoms with E-state index >= 15 is 0 Å². The lowest BCUT2D eigenvalue weighted by Crippen LogP contribution is -2.45. The predicted octanol–water partition coefficient (Wildman–Crippen LogP) is 2.35. The van der Waals surface area contributed by atoms with E-state index in [0.29, 0.717) is 29.5 Å². The van der Waals surface area contributed by atoms with E-state index in [1.807, 2.05) is 0 Å². The van der Waals surface area contributed by atoms with Gasteiger partial charge in [0.05, 0.1) is 17.2 Å². The van der Waals surface area contributed by atoms with Crippen LogP contribution in [0.5, 0.6) is 0 Å². The molecular formula is C16H24ClN3O2. The highest BCUT2D eigenvalue weighted by Gasteiger charge is 2.21. The first kappa shape index (κ1) is 17.2. The zero-order valence-corrected chi connectivity index (χ0v) is 14.0. The zero-order chi connectivity index (χ0) is 15.9. The lowest BCUT2D eigenvalue weighted by Gasteiger charge is -2.35. The molecule has 1 aromatic rings. The maximum atomic E-state index is 11.9. The summed E-state index contributed by atoms with van der Waals surface area (Å²) in [6.45, 7) is 7.92. The first-order chi connectivity index (χ1) is 10.5. The van der Waals surface area contributed by atoms with Gasteiger partial charge in [-0.3, -0.25) is 9.69 Å². The first-order valence-electron chi connectivity index (χ1n) is 7.82. The number of amides is 1. The van der Waals surface area contributed by atoms with Gasteiger partial charge in [0.2, 0.25) is 0 Å². The largest absolute Gasteiger partial charge is 0.373 e. The number of rotatable bonds is 6. The van der Waals surface area contributed by atoms with E-state index in [2.05, 4.69) is 29.0 Å². The minimum absolute atomic E-state index is 0.148. The van der Waals surface area contributed by atoms with Crippen molar-refractivity contribution in [2.75, 3.05) is 26.2 Å². The molecule has 0 aliphatic carbocycles. The molecule has 1 aliphatic rings. The van der Waals surface area contributed by atoms with Gasteiger partial charge in [-0.05, 0) is 45.4 Å². The fourth-order valence-electron chi connectivity index (χ4n) is 2.73. The smallest absolute Gasteiger partial charge is 0.269 e. The van der Waals surface area contributed by atoms with Gasteiger partial charge in [-0.1, -0.05) is 11.6 Å². The summed E-state index contributed by atoms with van der Waals surface area (Å²) in [6.07, 6.45) is 4.11. The maximum absolute atomic E-state index is 11.9. The number of morpholine rings is 1. The molecule has 1 N–H and O–H groups in total. The molecule has 0 bridgehead atoms. The van der Waals surface area contributed by atoms with Gasteiger partial charge in [0.25, 0.3) is 5.91 Å². The van der Waals surface area contributed by atoms with Crippen LogP contribution in [-0.4, -0.2) is 54.2 Å². The van der Waals surface area contributed by atoms with Crippen molar-refractivity contribution in [3.8, 4) is 0 Å². The van der Waals surface area contributed by atoms with Crippen LogP contribution in [0.1, 0.15) is 37.2 Å². The molecule has 0 aromatic carbocycles. The average molecular weight is 326 g/mol. The van der Waals surface area contributed by atoms with Crippen LogP contribution >= 0.6 is 11.6 Å². The number of hydrogen-bond donors (Lipinski definition) is 1. The molecule has 1 fully saturated rings. The maximum Gasteiger partial charge on any atom is 0.269 e. The highest BCUT2D eigenvalue weighted by atomic mass is 35.5. The minimum Gasteiger partial charge on any atom is -0.373 e. The number of pyridine rings is 1. The molecule has 1 saturated heterocycles. The van der Waals surface area contributed by atoms with Crippen LogP contribution in [0.2, 0.25) is 5.02 Å². The van der Waals surface area contributed by atoms with Gasteiger partial charge in [0.1, 0.15) is 5.69 Å². The van der Waals surface area contributed by atoms with Gasteiger partial charge in [0, 0.05) is 25.8 Å². The number of nitrogens with zero attached hydrogens (tertiary/aromatic N) is 2. The molecule has 0 saturated carbocycles. The number of hydrogen-bond acceptors (Lipinski definition) is 4. The van der Waals surface area contributed by atoms with Crippen molar-refractivity contribution in [1.29, 1.82) is 0 Å². The highest BCUT2D eigenvalue weighted by Crippen LogP contribution is 2.11. The summed E-state index contributed by atoms with van der Waals surface area (Å²) in [4.78, 5) is 18.3. The summed E-state index contributed by atoms with van der Waals surface area (Å²) in [6, 6.07) is 3.30. The molecule has 6 heteroatoms. The third kappa shape index (κ3) is 5.55. The molecular weight excluding hydrogens is 302 g/mol. The van der Waals surface area contributed by atoms with Crippen LogP contribution in [0.4, 0.5) is 0 Å². The molecule has 2 rings (SSSR count). The van der Waals surface area contributed by atoms with Crippen molar-refractivity contribution < 1.29 is 9.53 Å². The summed E-state index contributed by atoms with van der Waals surface area (Å²) in [5.74, 6) is -0.148. The van der Waals surface area contributed by atoms with Crippen molar-refractivity contribution in [2.24, 2.45) is 0 Å². The summed E-state index contributed by atoms with van der Waals surface area (Å²) in [5.41, 5.74) is 0.403. The SMILES string of the molecule is C[C@H]1CN(CCCCNC(=O)c2ccc(Cl)cn2)C[C@H](C)O1. The quantitative estimate of drug-likeness (QED) is 0.816. The van der Waals surface area contributed by atoms with Gasteiger partial charge < -0.3 is 10.1 Å². The van der Waals surface area contributed by atoms with Crippen molar-refractivity contribution in [1.82, 2.24) is 15.2 Å². The van der Waals surface area contributed by atoms with E-state index in [1.54, 1.807) is 12.1 Å². The average Bonchev–Trinajstić information content (AvgIpc) is 2.46. The van der Waals surface area contributed by atoms with Crippen LogP contribution in [0.25, 0.3) is 0 Å². The predicted molar refractivity (Wildman–Crippen MR) is 87.3 cm³/mol. The molecule has 0 spiro atoms. The van der Waals surface area contributed by atoms with E-state index in [9.17, 15) is 4.79 Å². The summed E-state index contributed by atoms with van der Waals surface area (Å²) < 4.78 is 5.72. The Morgan fingerprint density at radius 1 is 1.36 bits per heavy atom. The number of aromatic nitrogens is 1. The van der Waals surface area contributed by atoms with Crippen molar-refractivity contribution in [3.05, 3.63) is 29.0 Å². The van der Waals surface area contributed by atoms with E-state index < -0.39 is 0 Å². The number of unbranched alkanes of at least 4 members (excludes halogenated alkanes) is 1. The Balaban J connectivity index is 1.61. The second kappa shape index (κ2) is 8.46. The molecule has 1 aromatic heterocycles. The first-order valence-corrected chi connectivity index (χ1v) is 8.20. The number of ether oxygens (including phenoxy) is 1. The molecule has 1 amide bonds. The standard InChI is InChI=1S/C16H24ClN3O2/c1-12-10-20(11-13(2)22-12)8-4-3-7-18-16(21)15-6-5-14(17)9-19-15/h5-6,9,12-13H,3-4,7-8,10-11H2,1-2H3,(H,18,21)/t12-,13-/m0/s1. The Kier molecular flexibility index (Phi) is 6.61. The summed E-state index contributed by atoms with van der Waals surface area (Å²) in [5, 5.41) is 3.42. The van der Waals surface area contributed by atoms with Crippen LogP contribution in [0, 0.1) is 0 Å². The van der Waals surface area contributed by atoms with E-state index in [1.165, 1.54) is 6.20 Å². The van der Waals surface area contributed by atoms with Crippen LogP contribution in [-0.2, 0) is 4.74 Å². The number of nitrogens with one attached hydrogen (secondary N) is 1. The number of carbonyl (C=O) groups excluding carboxylic acids is 1. The Morgan fingerprint density at radius 3 is 2.73 bits per heavy atom. The zero-order valence-electron chi connectivity index (χ0n) is 13.2. The monoisotopic (exact) mass is 325 g/mol. The normalized spacial score (nSPS) is 22.5. The van der Waals surface area contributed by atoms with Gasteiger partial charge >= 0.3 is 0 Å². The van der Waals surface area contributed by atoms with Gasteiger partial charge in [-0.15, -0.1) is 0 Å². The Hall–Kier alpha value is -1.17. The van der Waals surface area contributed by atoms with Crippen LogP contribution in [0.15, 0.2) is 18.3 Å². The van der Waals surface area contributed by atoms with Crippen molar-refractivity contribution in [3.63, 3.8) is 0 Å². The van der Waals surface area contributed by atoms with Crippen molar-refractivity contribution in [2.45, 2.75) is 38.9 Å². The van der Waals surface area contributed by atoms with Crippen molar-refractivity contribution >= 4 is 17.5 Å². The fraction of sp³-hybridized carbons (Fsp3) is 0.625. The molecule has 1 aliphatic heterocycles. The Labute approximate surface area is 137 Å². The molecule has 2 atom stereocenters. The van der Waals surface area contributed by atoms with E-state index in [-0.39, 0.29) is 5.91 Å². The molecule has 22 heavy (non-hydrogen) atoms. The van der Waals surface area contributed by atoms with Crippen LogP contribution in [0.3, 0.4) is 0 Å². The number of carbonyl (C=O) groups is 1. The molecule has 0 radical (unpaired) electrons. The molecule has 2 heterocycles. The second-order valence-electron chi connectivity index (χ2n) is 5.84. The Bertz CT molecular complexity index is 471. The van der Waals surface area contributed by atoms with Gasteiger partial charge in [0.15, 0.2) is 0 Å². The third-order valence-electron chi connectivity index (χ3n) is 3.64. The number of halogens is 1. The van der Waals surface area contributed by atoms with E-state index in [4.69, 9.17) is 16.3 Å². The lowest BCUT2D eigenvalue weighted by molar-refractivity contribution is -0.0681. The molecule has 122 valence electrons.